The number of carbonyl (C=O) groups excluding carboxylic acids is 2. The average Bonchev–Trinajstić information content (AvgIpc) is 3.50. The highest BCUT2D eigenvalue weighted by atomic mass is 35.5. The number of amides is 2. The molecule has 2 aromatic heterocycles. The second kappa shape index (κ2) is 11.9. The molecule has 0 unspecified atom stereocenters. The number of rotatable bonds is 8. The predicted molar refractivity (Wildman–Crippen MR) is 158 cm³/mol. The molecule has 3 heterocycles. The molecule has 2 fully saturated rings. The molecule has 14 heteroatoms. The van der Waals surface area contributed by atoms with Crippen LogP contribution in [0.2, 0.25) is 5.02 Å². The third kappa shape index (κ3) is 6.80. The van der Waals surface area contributed by atoms with E-state index in [-0.39, 0.29) is 34.1 Å². The van der Waals surface area contributed by atoms with Crippen LogP contribution < -0.4 is 21.4 Å². The second-order valence-electron chi connectivity index (χ2n) is 8.81. The molecule has 1 saturated heterocycles. The number of benzene rings is 1. The van der Waals surface area contributed by atoms with Gasteiger partial charge in [-0.25, -0.2) is 0 Å². The van der Waals surface area contributed by atoms with Gasteiger partial charge >= 0.3 is 0 Å². The number of halogens is 1. The number of nitrogens with one attached hydrogen (secondary N) is 4. The van der Waals surface area contributed by atoms with Gasteiger partial charge in [-0.15, -0.1) is 0 Å². The SMILES string of the molecule is CC(=O)Nc1ccc(Nc2nc(NC3CCCC3)nc(NN3C(=O)/C(=C/c4ncccc4Cl)SC3=S)n2)cc1. The number of aromatic nitrogens is 4. The molecule has 1 aliphatic carbocycles. The fourth-order valence-corrected chi connectivity index (χ4v) is 5.39. The largest absolute Gasteiger partial charge is 0.351 e. The van der Waals surface area contributed by atoms with E-state index >= 15 is 0 Å². The van der Waals surface area contributed by atoms with Gasteiger partial charge in [0.05, 0.1) is 15.6 Å². The Kier molecular flexibility index (Phi) is 8.19. The summed E-state index contributed by atoms with van der Waals surface area (Å²) in [5, 5.41) is 10.9. The molecule has 4 N–H and O–H groups in total. The number of carbonyl (C=O) groups is 2. The Morgan fingerprint density at radius 1 is 1.08 bits per heavy atom. The van der Waals surface area contributed by atoms with Crippen LogP contribution >= 0.6 is 35.6 Å². The number of hydrogen-bond donors (Lipinski definition) is 4. The maximum Gasteiger partial charge on any atom is 0.285 e. The summed E-state index contributed by atoms with van der Waals surface area (Å²) in [6.45, 7) is 1.45. The van der Waals surface area contributed by atoms with Gasteiger partial charge in [0, 0.05) is 30.5 Å². The van der Waals surface area contributed by atoms with E-state index in [1.165, 1.54) is 11.9 Å². The van der Waals surface area contributed by atoms with E-state index in [2.05, 4.69) is 41.3 Å². The summed E-state index contributed by atoms with van der Waals surface area (Å²) >= 11 is 12.8. The van der Waals surface area contributed by atoms with E-state index < -0.39 is 0 Å². The van der Waals surface area contributed by atoms with Gasteiger partial charge in [-0.1, -0.05) is 36.2 Å². The van der Waals surface area contributed by atoms with Gasteiger partial charge in [-0.05, 0) is 67.5 Å². The average molecular weight is 582 g/mol. The lowest BCUT2D eigenvalue weighted by Crippen LogP contribution is -2.35. The molecule has 2 amide bonds. The zero-order valence-corrected chi connectivity index (χ0v) is 23.2. The molecule has 39 heavy (non-hydrogen) atoms. The fourth-order valence-electron chi connectivity index (χ4n) is 4.06. The normalized spacial score (nSPS) is 16.6. The Hall–Kier alpha value is -3.81. The summed E-state index contributed by atoms with van der Waals surface area (Å²) in [4.78, 5) is 42.5. The molecule has 200 valence electrons. The monoisotopic (exact) mass is 581 g/mol. The van der Waals surface area contributed by atoms with Gasteiger partial charge in [0.2, 0.25) is 23.8 Å². The molecule has 1 saturated carbocycles. The highest BCUT2D eigenvalue weighted by Gasteiger charge is 2.33. The number of hydrazine groups is 1. The number of hydrogen-bond acceptors (Lipinski definition) is 11. The van der Waals surface area contributed by atoms with Crippen molar-refractivity contribution in [3.63, 3.8) is 0 Å². The first-order valence-corrected chi connectivity index (χ1v) is 13.8. The molecule has 2 aliphatic rings. The van der Waals surface area contributed by atoms with Crippen molar-refractivity contribution in [2.24, 2.45) is 0 Å². The van der Waals surface area contributed by atoms with Gasteiger partial charge in [0.15, 0.2) is 4.32 Å². The third-order valence-electron chi connectivity index (χ3n) is 5.85. The van der Waals surface area contributed by atoms with Crippen molar-refractivity contribution in [2.45, 2.75) is 38.6 Å². The van der Waals surface area contributed by atoms with E-state index in [9.17, 15) is 9.59 Å². The molecular formula is C25H24ClN9O2S2. The zero-order valence-electron chi connectivity index (χ0n) is 20.8. The number of thiocarbonyl (C=S) groups is 1. The van der Waals surface area contributed by atoms with Crippen molar-refractivity contribution >= 4 is 87.0 Å². The van der Waals surface area contributed by atoms with Crippen LogP contribution in [0.15, 0.2) is 47.5 Å². The van der Waals surface area contributed by atoms with Gasteiger partial charge in [0.1, 0.15) is 0 Å². The Morgan fingerprint density at radius 3 is 2.49 bits per heavy atom. The van der Waals surface area contributed by atoms with Crippen molar-refractivity contribution in [1.82, 2.24) is 24.9 Å². The number of anilines is 5. The van der Waals surface area contributed by atoms with Crippen LogP contribution in [0.4, 0.5) is 29.2 Å². The van der Waals surface area contributed by atoms with Gasteiger partial charge in [-0.2, -0.15) is 20.0 Å². The second-order valence-corrected chi connectivity index (χ2v) is 10.9. The lowest BCUT2D eigenvalue weighted by Gasteiger charge is -2.18. The van der Waals surface area contributed by atoms with Crippen LogP contribution in [0.5, 0.6) is 0 Å². The minimum atomic E-state index is -0.375. The molecule has 11 nitrogen and oxygen atoms in total. The Labute approximate surface area is 239 Å². The van der Waals surface area contributed by atoms with Crippen LogP contribution in [0, 0.1) is 0 Å². The molecular weight excluding hydrogens is 558 g/mol. The first-order chi connectivity index (χ1) is 18.8. The van der Waals surface area contributed by atoms with Crippen LogP contribution in [-0.2, 0) is 9.59 Å². The zero-order chi connectivity index (χ0) is 27.4. The number of nitrogens with zero attached hydrogens (tertiary/aromatic N) is 5. The lowest BCUT2D eigenvalue weighted by atomic mass is 10.2. The maximum atomic E-state index is 13.2. The number of thioether (sulfide) groups is 1. The molecule has 1 aliphatic heterocycles. The van der Waals surface area contributed by atoms with E-state index in [4.69, 9.17) is 23.8 Å². The topological polar surface area (TPSA) is 137 Å². The van der Waals surface area contributed by atoms with Crippen molar-refractivity contribution in [2.75, 3.05) is 21.4 Å². The standard InChI is InChI=1S/C25H24ClN9O2S2/c1-14(36)28-16-8-10-17(11-9-16)30-23-31-22(29-15-5-2-3-6-15)32-24(33-23)34-35-21(37)20(39-25(35)38)13-19-18(26)7-4-12-27-19/h4,7-13,15H,2-3,5-6H2,1H3,(H,28,36)(H3,29,30,31,32,33,34)/b20-13-. The minimum Gasteiger partial charge on any atom is -0.351 e. The summed E-state index contributed by atoms with van der Waals surface area (Å²) in [7, 11) is 0. The first-order valence-electron chi connectivity index (χ1n) is 12.2. The molecule has 0 bridgehead atoms. The van der Waals surface area contributed by atoms with Crippen molar-refractivity contribution in [1.29, 1.82) is 0 Å². The van der Waals surface area contributed by atoms with Gasteiger partial charge < -0.3 is 16.0 Å². The molecule has 1 aromatic carbocycles. The summed E-state index contributed by atoms with van der Waals surface area (Å²) < 4.78 is 0.284. The molecule has 0 atom stereocenters. The first kappa shape index (κ1) is 26.8. The molecule has 0 spiro atoms. The van der Waals surface area contributed by atoms with Crippen molar-refractivity contribution in [3.05, 3.63) is 58.2 Å². The van der Waals surface area contributed by atoms with Crippen LogP contribution in [-0.4, -0.2) is 47.1 Å². The van der Waals surface area contributed by atoms with E-state index in [1.807, 2.05) is 0 Å². The highest BCUT2D eigenvalue weighted by Crippen LogP contribution is 2.33. The van der Waals surface area contributed by atoms with Gasteiger partial charge in [0.25, 0.3) is 5.91 Å². The van der Waals surface area contributed by atoms with Crippen molar-refractivity contribution < 1.29 is 9.59 Å². The predicted octanol–water partition coefficient (Wildman–Crippen LogP) is 5.20. The Balaban J connectivity index is 1.38. The van der Waals surface area contributed by atoms with E-state index in [0.717, 1.165) is 37.4 Å². The Morgan fingerprint density at radius 2 is 1.77 bits per heavy atom. The molecule has 5 rings (SSSR count). The molecule has 3 aromatic rings. The Bertz CT molecular complexity index is 1450. The van der Waals surface area contributed by atoms with Gasteiger partial charge in [-0.3, -0.25) is 20.0 Å². The maximum absolute atomic E-state index is 13.2. The minimum absolute atomic E-state index is 0.135. The summed E-state index contributed by atoms with van der Waals surface area (Å²) in [6, 6.07) is 10.8. The van der Waals surface area contributed by atoms with E-state index in [0.29, 0.717) is 32.9 Å². The molecule has 0 radical (unpaired) electrons. The smallest absolute Gasteiger partial charge is 0.285 e. The highest BCUT2D eigenvalue weighted by molar-refractivity contribution is 8.26. The van der Waals surface area contributed by atoms with Crippen LogP contribution in [0.1, 0.15) is 38.3 Å². The van der Waals surface area contributed by atoms with Crippen molar-refractivity contribution in [3.8, 4) is 0 Å². The number of pyridine rings is 1. The van der Waals surface area contributed by atoms with Crippen LogP contribution in [0.25, 0.3) is 6.08 Å². The summed E-state index contributed by atoms with van der Waals surface area (Å²) in [5.41, 5.74) is 4.78. The summed E-state index contributed by atoms with van der Waals surface area (Å²) in [6.07, 6.45) is 7.53. The fraction of sp³-hybridized carbons (Fsp3) is 0.240. The quantitative estimate of drug-likeness (QED) is 0.206. The summed E-state index contributed by atoms with van der Waals surface area (Å²) in [5.74, 6) is 0.247. The van der Waals surface area contributed by atoms with Crippen LogP contribution in [0.3, 0.4) is 0 Å². The lowest BCUT2D eigenvalue weighted by molar-refractivity contribution is -0.121. The third-order valence-corrected chi connectivity index (χ3v) is 7.47. The van der Waals surface area contributed by atoms with E-state index in [1.54, 1.807) is 48.7 Å².